The van der Waals surface area contributed by atoms with Crippen molar-refractivity contribution in [1.29, 1.82) is 0 Å². The predicted octanol–water partition coefficient (Wildman–Crippen LogP) is 2.22. The molecule has 0 saturated carbocycles. The van der Waals surface area contributed by atoms with Crippen LogP contribution < -0.4 is 5.32 Å². The number of nitrogens with one attached hydrogen (secondary N) is 1. The molecule has 0 fully saturated rings. The maximum absolute atomic E-state index is 9.40. The number of nitrogens with zero attached hydrogens (tertiary/aromatic N) is 2. The van der Waals surface area contributed by atoms with Crippen molar-refractivity contribution in [2.45, 2.75) is 6.54 Å². The molecule has 1 aliphatic heterocycles. The minimum Gasteiger partial charge on any atom is -0.508 e. The molecule has 1 aromatic carbocycles. The highest BCUT2D eigenvalue weighted by atomic mass is 32.1. The lowest BCUT2D eigenvalue weighted by molar-refractivity contribution is 0.475. The van der Waals surface area contributed by atoms with Gasteiger partial charge in [0.25, 0.3) is 0 Å². The van der Waals surface area contributed by atoms with Gasteiger partial charge in [-0.3, -0.25) is 4.99 Å². The third kappa shape index (κ3) is 1.55. The highest BCUT2D eigenvalue weighted by Crippen LogP contribution is 2.25. The van der Waals surface area contributed by atoms with Crippen LogP contribution in [0.2, 0.25) is 0 Å². The Morgan fingerprint density at radius 3 is 3.19 bits per heavy atom. The van der Waals surface area contributed by atoms with Gasteiger partial charge in [-0.2, -0.15) is 0 Å². The van der Waals surface area contributed by atoms with Crippen molar-refractivity contribution in [3.05, 3.63) is 40.2 Å². The number of hydrogen-bond donors (Lipinski definition) is 2. The van der Waals surface area contributed by atoms with Crippen molar-refractivity contribution in [2.24, 2.45) is 4.99 Å². The van der Waals surface area contributed by atoms with Crippen molar-refractivity contribution in [1.82, 2.24) is 4.98 Å². The first-order chi connectivity index (χ1) is 7.83. The van der Waals surface area contributed by atoms with E-state index in [4.69, 9.17) is 0 Å². The molecule has 0 unspecified atom stereocenters. The molecular formula is C11H9N3OS. The van der Waals surface area contributed by atoms with Gasteiger partial charge >= 0.3 is 0 Å². The molecule has 1 aliphatic rings. The molecule has 16 heavy (non-hydrogen) atoms. The summed E-state index contributed by atoms with van der Waals surface area (Å²) in [5.74, 6) is 1.87. The summed E-state index contributed by atoms with van der Waals surface area (Å²) in [5, 5.41) is 12.6. The van der Waals surface area contributed by atoms with Crippen LogP contribution in [-0.2, 0) is 6.54 Å². The van der Waals surface area contributed by atoms with Gasteiger partial charge in [-0.25, -0.2) is 4.98 Å². The first-order valence-electron chi connectivity index (χ1n) is 4.86. The second kappa shape index (κ2) is 3.61. The van der Waals surface area contributed by atoms with E-state index in [2.05, 4.69) is 15.3 Å². The molecule has 0 radical (unpaired) electrons. The van der Waals surface area contributed by atoms with Crippen LogP contribution in [0.5, 0.6) is 5.75 Å². The average Bonchev–Trinajstić information content (AvgIpc) is 2.75. The van der Waals surface area contributed by atoms with Crippen LogP contribution >= 0.6 is 11.3 Å². The van der Waals surface area contributed by atoms with E-state index in [9.17, 15) is 5.11 Å². The zero-order chi connectivity index (χ0) is 11.0. The molecule has 0 saturated heterocycles. The van der Waals surface area contributed by atoms with Crippen LogP contribution in [0.15, 0.2) is 34.8 Å². The number of aliphatic imine (C=N–C) groups is 1. The molecule has 2 N–H and O–H groups in total. The Hall–Kier alpha value is -1.88. The molecule has 0 aliphatic carbocycles. The van der Waals surface area contributed by atoms with E-state index in [1.807, 2.05) is 6.07 Å². The van der Waals surface area contributed by atoms with Crippen LogP contribution in [0, 0.1) is 0 Å². The van der Waals surface area contributed by atoms with Crippen molar-refractivity contribution in [2.75, 3.05) is 5.32 Å². The summed E-state index contributed by atoms with van der Waals surface area (Å²) in [6.45, 7) is 0.651. The van der Waals surface area contributed by atoms with Gasteiger partial charge in [0, 0.05) is 5.56 Å². The second-order valence-corrected chi connectivity index (χ2v) is 4.40. The lowest BCUT2D eigenvalue weighted by Crippen LogP contribution is -2.18. The first-order valence-corrected chi connectivity index (χ1v) is 5.74. The van der Waals surface area contributed by atoms with E-state index in [-0.39, 0.29) is 5.75 Å². The van der Waals surface area contributed by atoms with E-state index in [1.165, 1.54) is 0 Å². The van der Waals surface area contributed by atoms with Gasteiger partial charge in [0.2, 0.25) is 0 Å². The number of anilines is 1. The number of hydrogen-bond acceptors (Lipinski definition) is 5. The van der Waals surface area contributed by atoms with Crippen molar-refractivity contribution < 1.29 is 5.11 Å². The number of fused-ring (bicyclic) bond motifs is 1. The summed E-state index contributed by atoms with van der Waals surface area (Å²) < 4.78 is 0. The molecule has 2 heterocycles. The second-order valence-electron chi connectivity index (χ2n) is 3.46. The fourth-order valence-corrected chi connectivity index (χ4v) is 2.24. The lowest BCUT2D eigenvalue weighted by atomic mass is 10.2. The zero-order valence-corrected chi connectivity index (χ0v) is 9.16. The van der Waals surface area contributed by atoms with Crippen LogP contribution in [0.25, 0.3) is 0 Å². The quantitative estimate of drug-likeness (QED) is 0.791. The smallest absolute Gasteiger partial charge is 0.147 e. The Kier molecular flexibility index (Phi) is 2.11. The first kappa shape index (κ1) is 9.35. The summed E-state index contributed by atoms with van der Waals surface area (Å²) in [7, 11) is 0. The maximum atomic E-state index is 9.40. The summed E-state index contributed by atoms with van der Waals surface area (Å²) in [6.07, 6.45) is 0. The summed E-state index contributed by atoms with van der Waals surface area (Å²) in [5.41, 5.74) is 2.68. The number of amidine groups is 1. The molecule has 0 spiro atoms. The molecule has 0 bridgehead atoms. The molecule has 2 aromatic rings. The Labute approximate surface area is 96.3 Å². The monoisotopic (exact) mass is 231 g/mol. The molecule has 0 atom stereocenters. The minimum atomic E-state index is 0.242. The van der Waals surface area contributed by atoms with Gasteiger partial charge in [-0.1, -0.05) is 12.1 Å². The molecule has 0 amide bonds. The van der Waals surface area contributed by atoms with Gasteiger partial charge in [0.05, 0.1) is 16.9 Å². The Balaban J connectivity index is 1.95. The highest BCUT2D eigenvalue weighted by Gasteiger charge is 2.15. The molecule has 80 valence electrons. The largest absolute Gasteiger partial charge is 0.508 e. The van der Waals surface area contributed by atoms with Crippen LogP contribution in [0.1, 0.15) is 10.4 Å². The number of phenols is 1. The number of phenolic OH excluding ortho intramolecular Hbond substituents is 1. The van der Waals surface area contributed by atoms with Gasteiger partial charge in [0.15, 0.2) is 0 Å². The lowest BCUT2D eigenvalue weighted by Gasteiger charge is -2.14. The normalized spacial score (nSPS) is 13.9. The fourth-order valence-electron chi connectivity index (χ4n) is 1.60. The standard InChI is InChI=1S/C11H9N3OS/c15-8-3-1-2-7(4-8)10-12-5-9-11(14-10)13-6-16-9/h1-4,6,15H,5H2,(H,12,14). The SMILES string of the molecule is Oc1cccc(C2=NCc3scnc3N2)c1. The van der Waals surface area contributed by atoms with Crippen LogP contribution in [0.3, 0.4) is 0 Å². The maximum Gasteiger partial charge on any atom is 0.147 e. The van der Waals surface area contributed by atoms with Crippen LogP contribution in [0.4, 0.5) is 5.82 Å². The van der Waals surface area contributed by atoms with E-state index in [1.54, 1.807) is 35.0 Å². The Morgan fingerprint density at radius 2 is 2.31 bits per heavy atom. The minimum absolute atomic E-state index is 0.242. The molecule has 5 heteroatoms. The number of thiazole rings is 1. The van der Waals surface area contributed by atoms with Gasteiger partial charge in [0.1, 0.15) is 17.4 Å². The number of benzene rings is 1. The number of aromatic nitrogens is 1. The summed E-state index contributed by atoms with van der Waals surface area (Å²) in [4.78, 5) is 9.78. The molecule has 4 nitrogen and oxygen atoms in total. The summed E-state index contributed by atoms with van der Waals surface area (Å²) >= 11 is 1.60. The van der Waals surface area contributed by atoms with Crippen molar-refractivity contribution in [3.63, 3.8) is 0 Å². The third-order valence-electron chi connectivity index (χ3n) is 2.38. The van der Waals surface area contributed by atoms with E-state index >= 15 is 0 Å². The van der Waals surface area contributed by atoms with Crippen molar-refractivity contribution >= 4 is 23.0 Å². The van der Waals surface area contributed by atoms with Gasteiger partial charge < -0.3 is 10.4 Å². The van der Waals surface area contributed by atoms with Gasteiger partial charge in [-0.15, -0.1) is 11.3 Å². The van der Waals surface area contributed by atoms with E-state index in [0.717, 1.165) is 22.1 Å². The number of aromatic hydroxyl groups is 1. The molecule has 3 rings (SSSR count). The van der Waals surface area contributed by atoms with E-state index < -0.39 is 0 Å². The van der Waals surface area contributed by atoms with Crippen LogP contribution in [-0.4, -0.2) is 15.9 Å². The molecular weight excluding hydrogens is 222 g/mol. The topological polar surface area (TPSA) is 57.5 Å². The van der Waals surface area contributed by atoms with E-state index in [0.29, 0.717) is 6.54 Å². The zero-order valence-electron chi connectivity index (χ0n) is 8.34. The Bertz CT molecular complexity index is 562. The summed E-state index contributed by atoms with van der Waals surface area (Å²) in [6, 6.07) is 7.03. The average molecular weight is 231 g/mol. The highest BCUT2D eigenvalue weighted by molar-refractivity contribution is 7.10. The fraction of sp³-hybridized carbons (Fsp3) is 0.0909. The molecule has 1 aromatic heterocycles. The van der Waals surface area contributed by atoms with Crippen molar-refractivity contribution in [3.8, 4) is 5.75 Å². The third-order valence-corrected chi connectivity index (χ3v) is 3.20. The Morgan fingerprint density at radius 1 is 1.38 bits per heavy atom. The van der Waals surface area contributed by atoms with Gasteiger partial charge in [-0.05, 0) is 12.1 Å². The predicted molar refractivity (Wildman–Crippen MR) is 64.1 cm³/mol. The number of rotatable bonds is 1.